The molecule has 1 aliphatic heterocycles. The molecule has 0 bridgehead atoms. The molecule has 0 radical (unpaired) electrons. The Balaban J connectivity index is 2.19. The van der Waals surface area contributed by atoms with Gasteiger partial charge in [0.05, 0.1) is 6.54 Å². The van der Waals surface area contributed by atoms with Crippen LogP contribution >= 0.6 is 11.8 Å². The Kier molecular flexibility index (Phi) is 4.05. The van der Waals surface area contributed by atoms with Gasteiger partial charge in [0.15, 0.2) is 0 Å². The highest BCUT2D eigenvalue weighted by Crippen LogP contribution is 2.28. The van der Waals surface area contributed by atoms with Gasteiger partial charge in [-0.15, -0.1) is 11.8 Å². The largest absolute Gasteiger partial charge is 0.406 e. The number of rotatable bonds is 3. The Hall–Kier alpha value is -1.21. The number of halogens is 3. The molecule has 0 aromatic heterocycles. The van der Waals surface area contributed by atoms with E-state index in [-0.39, 0.29) is 6.54 Å². The molecule has 0 saturated carbocycles. The molecule has 0 aliphatic carbocycles. The fraction of sp³-hybridized carbons (Fsp3) is 0.417. The van der Waals surface area contributed by atoms with Gasteiger partial charge in [0.1, 0.15) is 12.7 Å². The summed E-state index contributed by atoms with van der Waals surface area (Å²) in [7, 11) is 0. The van der Waals surface area contributed by atoms with Gasteiger partial charge in [-0.2, -0.15) is 13.2 Å². The molecule has 19 heavy (non-hydrogen) atoms. The van der Waals surface area contributed by atoms with Crippen LogP contribution in [0.3, 0.4) is 0 Å². The summed E-state index contributed by atoms with van der Waals surface area (Å²) in [6, 6.07) is 7.14. The number of benzene rings is 1. The van der Waals surface area contributed by atoms with Crippen LogP contribution in [-0.4, -0.2) is 36.3 Å². The molecule has 1 unspecified atom stereocenters. The maximum Gasteiger partial charge on any atom is 0.406 e. The smallest absolute Gasteiger partial charge is 0.313 e. The number of thioether (sulfide) groups is 1. The van der Waals surface area contributed by atoms with Crippen LogP contribution in [0.4, 0.5) is 13.2 Å². The Morgan fingerprint density at radius 3 is 2.53 bits per heavy atom. The molecule has 104 valence electrons. The fourth-order valence-electron chi connectivity index (χ4n) is 2.00. The van der Waals surface area contributed by atoms with Crippen molar-refractivity contribution in [2.24, 2.45) is 0 Å². The van der Waals surface area contributed by atoms with Gasteiger partial charge < -0.3 is 4.90 Å². The third-order valence-electron chi connectivity index (χ3n) is 2.86. The van der Waals surface area contributed by atoms with Crippen molar-refractivity contribution in [1.29, 1.82) is 0 Å². The molecule has 1 amide bonds. The van der Waals surface area contributed by atoms with Crippen LogP contribution in [0.15, 0.2) is 29.2 Å². The van der Waals surface area contributed by atoms with E-state index < -0.39 is 24.8 Å². The molecule has 1 fully saturated rings. The highest BCUT2D eigenvalue weighted by molar-refractivity contribution is 7.98. The van der Waals surface area contributed by atoms with Gasteiger partial charge in [-0.25, -0.2) is 0 Å². The lowest BCUT2D eigenvalue weighted by molar-refractivity contribution is -0.161. The van der Waals surface area contributed by atoms with Crippen molar-refractivity contribution in [3.05, 3.63) is 29.8 Å². The van der Waals surface area contributed by atoms with Crippen LogP contribution < -0.4 is 5.32 Å². The zero-order valence-corrected chi connectivity index (χ0v) is 11.0. The number of hydrogen-bond acceptors (Lipinski definition) is 3. The lowest BCUT2D eigenvalue weighted by Crippen LogP contribution is -2.38. The maximum atomic E-state index is 12.5. The van der Waals surface area contributed by atoms with Crippen LogP contribution in [0.25, 0.3) is 0 Å². The van der Waals surface area contributed by atoms with E-state index in [1.54, 1.807) is 23.9 Å². The van der Waals surface area contributed by atoms with Gasteiger partial charge in [0.2, 0.25) is 5.91 Å². The van der Waals surface area contributed by atoms with Gasteiger partial charge in [-0.05, 0) is 24.0 Å². The van der Waals surface area contributed by atoms with Gasteiger partial charge in [-0.1, -0.05) is 12.1 Å². The topological polar surface area (TPSA) is 32.3 Å². The summed E-state index contributed by atoms with van der Waals surface area (Å²) in [5.41, 5.74) is 0.660. The third-order valence-corrected chi connectivity index (χ3v) is 3.60. The molecule has 1 saturated heterocycles. The van der Waals surface area contributed by atoms with Crippen molar-refractivity contribution in [2.45, 2.75) is 17.2 Å². The average Bonchev–Trinajstić information content (AvgIpc) is 2.69. The van der Waals surface area contributed by atoms with E-state index in [0.717, 1.165) is 9.80 Å². The molecule has 2 rings (SSSR count). The number of amides is 1. The molecular weight excluding hydrogens is 277 g/mol. The molecule has 1 aromatic carbocycles. The van der Waals surface area contributed by atoms with E-state index >= 15 is 0 Å². The second kappa shape index (κ2) is 5.42. The third kappa shape index (κ3) is 3.42. The summed E-state index contributed by atoms with van der Waals surface area (Å²) < 4.78 is 37.4. The second-order valence-electron chi connectivity index (χ2n) is 4.19. The predicted octanol–water partition coefficient (Wildman–Crippen LogP) is 2.40. The summed E-state index contributed by atoms with van der Waals surface area (Å²) in [6.07, 6.45) is -3.17. The van der Waals surface area contributed by atoms with E-state index in [4.69, 9.17) is 0 Å². The van der Waals surface area contributed by atoms with E-state index in [2.05, 4.69) is 5.32 Å². The minimum absolute atomic E-state index is 0.0645. The van der Waals surface area contributed by atoms with Crippen molar-refractivity contribution in [1.82, 2.24) is 10.2 Å². The number of carbonyl (C=O) groups is 1. The van der Waals surface area contributed by atoms with Gasteiger partial charge in [0, 0.05) is 4.90 Å². The summed E-state index contributed by atoms with van der Waals surface area (Å²) in [6.45, 7) is -1.29. The SMILES string of the molecule is CSc1ccc(C2NCC(=O)N2CC(F)(F)F)cc1. The minimum Gasteiger partial charge on any atom is -0.313 e. The molecule has 1 aliphatic rings. The van der Waals surface area contributed by atoms with Gasteiger partial charge in [-0.3, -0.25) is 10.1 Å². The molecule has 7 heteroatoms. The molecular formula is C12H13F3N2OS. The highest BCUT2D eigenvalue weighted by Gasteiger charge is 2.40. The molecule has 0 spiro atoms. The first kappa shape index (κ1) is 14.2. The number of nitrogens with one attached hydrogen (secondary N) is 1. The number of alkyl halides is 3. The summed E-state index contributed by atoms with van der Waals surface area (Å²) in [4.78, 5) is 13.4. The second-order valence-corrected chi connectivity index (χ2v) is 5.07. The molecule has 1 N–H and O–H groups in total. The van der Waals surface area contributed by atoms with Gasteiger partial charge >= 0.3 is 6.18 Å². The molecule has 1 aromatic rings. The number of nitrogens with zero attached hydrogens (tertiary/aromatic N) is 1. The van der Waals surface area contributed by atoms with Crippen molar-refractivity contribution >= 4 is 17.7 Å². The van der Waals surface area contributed by atoms with E-state index in [1.807, 2.05) is 18.4 Å². The summed E-state index contributed by atoms with van der Waals surface area (Å²) in [5.74, 6) is -0.531. The molecule has 1 atom stereocenters. The number of hydrogen-bond donors (Lipinski definition) is 1. The van der Waals surface area contributed by atoms with Crippen molar-refractivity contribution in [2.75, 3.05) is 19.3 Å². The first-order chi connectivity index (χ1) is 8.90. The zero-order valence-electron chi connectivity index (χ0n) is 10.2. The minimum atomic E-state index is -4.39. The molecule has 3 nitrogen and oxygen atoms in total. The van der Waals surface area contributed by atoms with Crippen LogP contribution in [0.1, 0.15) is 11.7 Å². The Morgan fingerprint density at radius 1 is 1.37 bits per heavy atom. The lowest BCUT2D eigenvalue weighted by atomic mass is 10.1. The summed E-state index contributed by atoms with van der Waals surface area (Å²) in [5, 5.41) is 2.80. The van der Waals surface area contributed by atoms with Crippen LogP contribution in [0.2, 0.25) is 0 Å². The first-order valence-electron chi connectivity index (χ1n) is 5.64. The van der Waals surface area contributed by atoms with E-state index in [1.165, 1.54) is 0 Å². The Labute approximate surface area is 113 Å². The van der Waals surface area contributed by atoms with E-state index in [9.17, 15) is 18.0 Å². The lowest BCUT2D eigenvalue weighted by Gasteiger charge is -2.25. The van der Waals surface area contributed by atoms with Crippen molar-refractivity contribution in [3.8, 4) is 0 Å². The summed E-state index contributed by atoms with van der Waals surface area (Å²) >= 11 is 1.55. The van der Waals surface area contributed by atoms with Gasteiger partial charge in [0.25, 0.3) is 0 Å². The normalized spacial score (nSPS) is 20.1. The van der Waals surface area contributed by atoms with Crippen LogP contribution in [0, 0.1) is 0 Å². The Morgan fingerprint density at radius 2 is 2.00 bits per heavy atom. The fourth-order valence-corrected chi connectivity index (χ4v) is 2.40. The number of carbonyl (C=O) groups excluding carboxylic acids is 1. The predicted molar refractivity (Wildman–Crippen MR) is 66.7 cm³/mol. The zero-order chi connectivity index (χ0) is 14.0. The average molecular weight is 290 g/mol. The molecule has 1 heterocycles. The first-order valence-corrected chi connectivity index (χ1v) is 6.87. The standard InChI is InChI=1S/C12H13F3N2OS/c1-19-9-4-2-8(3-5-9)11-16-6-10(18)17(11)7-12(13,14)15/h2-5,11,16H,6-7H2,1H3. The van der Waals surface area contributed by atoms with Crippen LogP contribution in [0.5, 0.6) is 0 Å². The quantitative estimate of drug-likeness (QED) is 0.868. The highest BCUT2D eigenvalue weighted by atomic mass is 32.2. The van der Waals surface area contributed by atoms with E-state index in [0.29, 0.717) is 5.56 Å². The van der Waals surface area contributed by atoms with Crippen molar-refractivity contribution in [3.63, 3.8) is 0 Å². The van der Waals surface area contributed by atoms with Crippen LogP contribution in [-0.2, 0) is 4.79 Å². The Bertz CT molecular complexity index is 461. The monoisotopic (exact) mass is 290 g/mol. The van der Waals surface area contributed by atoms with Crippen molar-refractivity contribution < 1.29 is 18.0 Å². The maximum absolute atomic E-state index is 12.5.